The summed E-state index contributed by atoms with van der Waals surface area (Å²) < 4.78 is 27.8. The van der Waals surface area contributed by atoms with Crippen molar-refractivity contribution in [3.8, 4) is 0 Å². The minimum atomic E-state index is -3.72. The van der Waals surface area contributed by atoms with Crippen LogP contribution in [0.5, 0.6) is 0 Å². The number of carbonyl (C=O) groups is 1. The molecule has 0 atom stereocenters. The molecule has 0 unspecified atom stereocenters. The van der Waals surface area contributed by atoms with Crippen LogP contribution in [0.15, 0.2) is 52.1 Å². The summed E-state index contributed by atoms with van der Waals surface area (Å²) >= 11 is 2.86. The Morgan fingerprint density at radius 3 is 2.75 bits per heavy atom. The third-order valence-electron chi connectivity index (χ3n) is 5.46. The number of nitrogens with one attached hydrogen (secondary N) is 2. The van der Waals surface area contributed by atoms with Gasteiger partial charge in [-0.25, -0.2) is 18.1 Å². The molecule has 0 aliphatic carbocycles. The summed E-state index contributed by atoms with van der Waals surface area (Å²) in [5, 5.41) is 7.16. The maximum Gasteiger partial charge on any atom is 0.257 e. The smallest absolute Gasteiger partial charge is 0.257 e. The Morgan fingerprint density at radius 2 is 2.00 bits per heavy atom. The second kappa shape index (κ2) is 10.2. The van der Waals surface area contributed by atoms with E-state index in [4.69, 9.17) is 0 Å². The van der Waals surface area contributed by atoms with Gasteiger partial charge in [-0.05, 0) is 61.5 Å². The molecule has 1 aliphatic rings. The van der Waals surface area contributed by atoms with Gasteiger partial charge in [-0.1, -0.05) is 19.1 Å². The van der Waals surface area contributed by atoms with Crippen LogP contribution in [-0.4, -0.2) is 37.3 Å². The zero-order chi connectivity index (χ0) is 22.6. The second-order valence-electron chi connectivity index (χ2n) is 7.99. The largest absolute Gasteiger partial charge is 0.298 e. The predicted molar refractivity (Wildman–Crippen MR) is 129 cm³/mol. The van der Waals surface area contributed by atoms with Gasteiger partial charge >= 0.3 is 0 Å². The van der Waals surface area contributed by atoms with Crippen molar-refractivity contribution in [2.75, 3.05) is 18.4 Å². The number of nitrogens with zero attached hydrogens (tertiary/aromatic N) is 2. The molecule has 0 radical (unpaired) electrons. The van der Waals surface area contributed by atoms with Crippen LogP contribution in [0.1, 0.15) is 40.7 Å². The molecule has 0 saturated carbocycles. The van der Waals surface area contributed by atoms with Crippen molar-refractivity contribution in [1.29, 1.82) is 0 Å². The quantitative estimate of drug-likeness (QED) is 0.495. The average Bonchev–Trinajstić information content (AvgIpc) is 3.46. The number of thiazole rings is 1. The van der Waals surface area contributed by atoms with E-state index in [-0.39, 0.29) is 22.9 Å². The molecule has 1 saturated heterocycles. The van der Waals surface area contributed by atoms with Crippen molar-refractivity contribution in [2.45, 2.75) is 37.8 Å². The Bertz CT molecular complexity index is 1150. The van der Waals surface area contributed by atoms with Gasteiger partial charge in [-0.15, -0.1) is 22.7 Å². The van der Waals surface area contributed by atoms with Gasteiger partial charge < -0.3 is 0 Å². The van der Waals surface area contributed by atoms with Crippen molar-refractivity contribution in [1.82, 2.24) is 14.6 Å². The highest BCUT2D eigenvalue weighted by Crippen LogP contribution is 2.22. The van der Waals surface area contributed by atoms with Crippen molar-refractivity contribution in [3.63, 3.8) is 0 Å². The van der Waals surface area contributed by atoms with Gasteiger partial charge in [0.05, 0.1) is 10.6 Å². The normalized spacial score (nSPS) is 15.7. The highest BCUT2D eigenvalue weighted by molar-refractivity contribution is 7.89. The Labute approximate surface area is 196 Å². The lowest BCUT2D eigenvalue weighted by Gasteiger charge is -2.29. The van der Waals surface area contributed by atoms with Crippen molar-refractivity contribution < 1.29 is 13.2 Å². The lowest BCUT2D eigenvalue weighted by Crippen LogP contribution is -2.32. The fourth-order valence-corrected chi connectivity index (χ4v) is 6.01. The number of aromatic nitrogens is 1. The molecule has 0 bridgehead atoms. The number of carbonyl (C=O) groups excluding carboxylic acids is 1. The first kappa shape index (κ1) is 23.1. The molecule has 1 amide bonds. The highest BCUT2D eigenvalue weighted by atomic mass is 32.2. The monoisotopic (exact) mass is 490 g/mol. The van der Waals surface area contributed by atoms with Crippen LogP contribution < -0.4 is 10.0 Å². The molecule has 4 rings (SSSR count). The van der Waals surface area contributed by atoms with Gasteiger partial charge in [-0.2, -0.15) is 0 Å². The van der Waals surface area contributed by atoms with E-state index in [2.05, 4.69) is 26.8 Å². The van der Waals surface area contributed by atoms with Crippen LogP contribution in [0.3, 0.4) is 0 Å². The SMILES string of the molecule is CC1CCN(Cc2csc(NC(=O)c3cccc(S(=O)(=O)NCc4cccs4)c3)n2)CC1. The lowest BCUT2D eigenvalue weighted by molar-refractivity contribution is 0.102. The van der Waals surface area contributed by atoms with E-state index in [1.54, 1.807) is 12.1 Å². The van der Waals surface area contributed by atoms with Crippen LogP contribution in [0.2, 0.25) is 0 Å². The number of likely N-dealkylation sites (tertiary alicyclic amines) is 1. The summed E-state index contributed by atoms with van der Waals surface area (Å²) in [6, 6.07) is 9.77. The fraction of sp³-hybridized carbons (Fsp3) is 0.364. The molecule has 170 valence electrons. The minimum absolute atomic E-state index is 0.0564. The van der Waals surface area contributed by atoms with E-state index in [0.29, 0.717) is 5.13 Å². The number of sulfonamides is 1. The molecule has 2 N–H and O–H groups in total. The van der Waals surface area contributed by atoms with E-state index in [1.165, 1.54) is 47.6 Å². The van der Waals surface area contributed by atoms with Gasteiger partial charge in [0.2, 0.25) is 10.0 Å². The molecule has 1 fully saturated rings. The zero-order valence-corrected chi connectivity index (χ0v) is 20.2. The van der Waals surface area contributed by atoms with Gasteiger partial charge in [-0.3, -0.25) is 15.0 Å². The molecular weight excluding hydrogens is 464 g/mol. The molecule has 32 heavy (non-hydrogen) atoms. The van der Waals surface area contributed by atoms with E-state index in [9.17, 15) is 13.2 Å². The third kappa shape index (κ3) is 6.02. The molecule has 7 nitrogen and oxygen atoms in total. The Hall–Kier alpha value is -2.11. The summed E-state index contributed by atoms with van der Waals surface area (Å²) in [6.45, 7) is 5.43. The van der Waals surface area contributed by atoms with Gasteiger partial charge in [0.15, 0.2) is 5.13 Å². The van der Waals surface area contributed by atoms with Crippen LogP contribution in [0, 0.1) is 5.92 Å². The van der Waals surface area contributed by atoms with E-state index < -0.39 is 10.0 Å². The third-order valence-corrected chi connectivity index (χ3v) is 8.54. The number of rotatable bonds is 8. The zero-order valence-electron chi connectivity index (χ0n) is 17.8. The highest BCUT2D eigenvalue weighted by Gasteiger charge is 2.19. The number of thiophene rings is 1. The molecule has 2 aromatic heterocycles. The number of hydrogen-bond acceptors (Lipinski definition) is 7. The Kier molecular flexibility index (Phi) is 7.37. The predicted octanol–water partition coefficient (Wildman–Crippen LogP) is 4.17. The molecule has 10 heteroatoms. The number of hydrogen-bond donors (Lipinski definition) is 2. The summed E-state index contributed by atoms with van der Waals surface area (Å²) in [7, 11) is -3.72. The molecule has 1 aliphatic heterocycles. The first-order chi connectivity index (χ1) is 15.4. The van der Waals surface area contributed by atoms with Crippen molar-refractivity contribution in [3.05, 3.63) is 63.3 Å². The van der Waals surface area contributed by atoms with Gasteiger partial charge in [0.25, 0.3) is 5.91 Å². The van der Waals surface area contributed by atoms with Crippen LogP contribution in [0.25, 0.3) is 0 Å². The summed E-state index contributed by atoms with van der Waals surface area (Å²) in [4.78, 5) is 20.6. The molecular formula is C22H26N4O3S3. The van der Waals surface area contributed by atoms with E-state index in [1.807, 2.05) is 22.9 Å². The average molecular weight is 491 g/mol. The summed E-state index contributed by atoms with van der Waals surface area (Å²) in [5.41, 5.74) is 1.21. The molecule has 0 spiro atoms. The topological polar surface area (TPSA) is 91.4 Å². The maximum absolute atomic E-state index is 12.7. The molecule has 1 aromatic carbocycles. The van der Waals surface area contributed by atoms with E-state index in [0.717, 1.165) is 36.1 Å². The fourth-order valence-electron chi connectivity index (χ4n) is 3.52. The van der Waals surface area contributed by atoms with Crippen LogP contribution in [-0.2, 0) is 23.1 Å². The number of amides is 1. The van der Waals surface area contributed by atoms with Crippen LogP contribution >= 0.6 is 22.7 Å². The Balaban J connectivity index is 1.37. The first-order valence-corrected chi connectivity index (χ1v) is 13.7. The number of piperidine rings is 1. The van der Waals surface area contributed by atoms with Crippen molar-refractivity contribution in [2.24, 2.45) is 5.92 Å². The molecule has 3 aromatic rings. The summed E-state index contributed by atoms with van der Waals surface area (Å²) in [6.07, 6.45) is 2.41. The second-order valence-corrected chi connectivity index (χ2v) is 11.6. The summed E-state index contributed by atoms with van der Waals surface area (Å²) in [5.74, 6) is 0.398. The first-order valence-electron chi connectivity index (χ1n) is 10.5. The lowest BCUT2D eigenvalue weighted by atomic mass is 9.99. The standard InChI is InChI=1S/C22H26N4O3S3/c1-16-7-9-26(10-8-16)14-18-15-31-22(24-18)25-21(27)17-4-2-6-20(12-17)32(28,29)23-13-19-5-3-11-30-19/h2-6,11-12,15-16,23H,7-10,13-14H2,1H3,(H,24,25,27). The maximum atomic E-state index is 12.7. The minimum Gasteiger partial charge on any atom is -0.298 e. The Morgan fingerprint density at radius 1 is 1.19 bits per heavy atom. The number of benzene rings is 1. The molecule has 3 heterocycles. The van der Waals surface area contributed by atoms with E-state index >= 15 is 0 Å². The number of anilines is 1. The van der Waals surface area contributed by atoms with Gasteiger partial charge in [0, 0.05) is 28.9 Å². The van der Waals surface area contributed by atoms with Crippen molar-refractivity contribution >= 4 is 43.7 Å². The van der Waals surface area contributed by atoms with Gasteiger partial charge in [0.1, 0.15) is 0 Å². The van der Waals surface area contributed by atoms with Crippen LogP contribution in [0.4, 0.5) is 5.13 Å².